The fourth-order valence-corrected chi connectivity index (χ4v) is 2.70. The number of aromatic nitrogens is 3. The van der Waals surface area contributed by atoms with E-state index in [9.17, 15) is 0 Å². The number of nitrogens with one attached hydrogen (secondary N) is 2. The number of imidazole rings is 1. The predicted molar refractivity (Wildman–Crippen MR) is 80.1 cm³/mol. The Kier molecular flexibility index (Phi) is 4.12. The molecule has 0 spiro atoms. The third-order valence-corrected chi connectivity index (χ3v) is 3.77. The summed E-state index contributed by atoms with van der Waals surface area (Å²) in [5.41, 5.74) is 7.72. The van der Waals surface area contributed by atoms with Gasteiger partial charge in [0.25, 0.3) is 0 Å². The Morgan fingerprint density at radius 3 is 3.19 bits per heavy atom. The van der Waals surface area contributed by atoms with Gasteiger partial charge in [-0.25, -0.2) is 9.97 Å². The minimum atomic E-state index is 0.0323. The zero-order chi connectivity index (χ0) is 14.7. The van der Waals surface area contributed by atoms with Crippen LogP contribution in [-0.4, -0.2) is 40.1 Å². The SMILES string of the molecule is N=C(N)c1ccnc2ncn(CNCC3CCCOC3)c12. The van der Waals surface area contributed by atoms with Crippen molar-refractivity contribution < 1.29 is 4.74 Å². The summed E-state index contributed by atoms with van der Waals surface area (Å²) >= 11 is 0. The van der Waals surface area contributed by atoms with Crippen molar-refractivity contribution >= 4 is 17.0 Å². The van der Waals surface area contributed by atoms with Gasteiger partial charge in [0.1, 0.15) is 5.84 Å². The summed E-state index contributed by atoms with van der Waals surface area (Å²) in [6, 6.07) is 1.75. The average molecular weight is 288 g/mol. The number of fused-ring (bicyclic) bond motifs is 1. The summed E-state index contributed by atoms with van der Waals surface area (Å²) in [5, 5.41) is 11.1. The first kappa shape index (κ1) is 14.0. The Hall–Kier alpha value is -1.99. The van der Waals surface area contributed by atoms with Crippen molar-refractivity contribution in [3.8, 4) is 0 Å². The van der Waals surface area contributed by atoms with Gasteiger partial charge in [0.15, 0.2) is 5.65 Å². The van der Waals surface area contributed by atoms with E-state index in [0.29, 0.717) is 23.8 Å². The number of nitrogens with zero attached hydrogens (tertiary/aromatic N) is 3. The maximum atomic E-state index is 7.66. The van der Waals surface area contributed by atoms with Gasteiger partial charge in [-0.2, -0.15) is 0 Å². The van der Waals surface area contributed by atoms with E-state index in [1.54, 1.807) is 18.6 Å². The quantitative estimate of drug-likeness (QED) is 0.555. The van der Waals surface area contributed by atoms with Crippen molar-refractivity contribution in [2.75, 3.05) is 19.8 Å². The van der Waals surface area contributed by atoms with Crippen LogP contribution in [0.25, 0.3) is 11.2 Å². The average Bonchev–Trinajstić information content (AvgIpc) is 2.91. The molecule has 21 heavy (non-hydrogen) atoms. The molecular weight excluding hydrogens is 268 g/mol. The molecule has 3 rings (SSSR count). The van der Waals surface area contributed by atoms with Crippen LogP contribution in [0.4, 0.5) is 0 Å². The number of hydrogen-bond donors (Lipinski definition) is 3. The van der Waals surface area contributed by atoms with Crippen LogP contribution in [0.1, 0.15) is 18.4 Å². The molecule has 3 heterocycles. The molecule has 0 aromatic carbocycles. The number of nitrogen functional groups attached to an aromatic ring is 1. The van der Waals surface area contributed by atoms with Gasteiger partial charge in [0.2, 0.25) is 0 Å². The Morgan fingerprint density at radius 2 is 2.43 bits per heavy atom. The van der Waals surface area contributed by atoms with E-state index in [1.807, 2.05) is 4.57 Å². The third kappa shape index (κ3) is 3.03. The Morgan fingerprint density at radius 1 is 1.52 bits per heavy atom. The molecule has 0 radical (unpaired) electrons. The number of ether oxygens (including phenoxy) is 1. The molecule has 0 amide bonds. The molecule has 7 nitrogen and oxygen atoms in total. The summed E-state index contributed by atoms with van der Waals surface area (Å²) < 4.78 is 7.42. The van der Waals surface area contributed by atoms with E-state index < -0.39 is 0 Å². The van der Waals surface area contributed by atoms with Gasteiger partial charge in [0.05, 0.1) is 25.1 Å². The molecule has 1 fully saturated rings. The normalized spacial score (nSPS) is 19.0. The van der Waals surface area contributed by atoms with E-state index in [4.69, 9.17) is 15.9 Å². The van der Waals surface area contributed by atoms with Crippen LogP contribution in [0.3, 0.4) is 0 Å². The van der Waals surface area contributed by atoms with Crippen LogP contribution in [0.5, 0.6) is 0 Å². The topological polar surface area (TPSA) is 102 Å². The second kappa shape index (κ2) is 6.19. The highest BCUT2D eigenvalue weighted by Crippen LogP contribution is 2.15. The molecule has 2 aromatic heterocycles. The lowest BCUT2D eigenvalue weighted by atomic mass is 10.0. The van der Waals surface area contributed by atoms with E-state index in [2.05, 4.69) is 15.3 Å². The fourth-order valence-electron chi connectivity index (χ4n) is 2.70. The maximum absolute atomic E-state index is 7.66. The molecule has 0 bridgehead atoms. The second-order valence-electron chi connectivity index (χ2n) is 5.35. The highest BCUT2D eigenvalue weighted by molar-refractivity contribution is 6.04. The zero-order valence-corrected chi connectivity index (χ0v) is 11.9. The highest BCUT2D eigenvalue weighted by Gasteiger charge is 2.14. The van der Waals surface area contributed by atoms with Crippen molar-refractivity contribution in [1.29, 1.82) is 5.41 Å². The van der Waals surface area contributed by atoms with Crippen molar-refractivity contribution in [3.63, 3.8) is 0 Å². The van der Waals surface area contributed by atoms with E-state index >= 15 is 0 Å². The number of rotatable bonds is 5. The summed E-state index contributed by atoms with van der Waals surface area (Å²) in [6.07, 6.45) is 5.70. The van der Waals surface area contributed by atoms with Crippen molar-refractivity contribution in [1.82, 2.24) is 19.9 Å². The molecule has 1 unspecified atom stereocenters. The Bertz CT molecular complexity index is 631. The summed E-state index contributed by atoms with van der Waals surface area (Å²) in [7, 11) is 0. The van der Waals surface area contributed by atoms with Crippen LogP contribution in [0, 0.1) is 11.3 Å². The number of nitrogens with two attached hydrogens (primary N) is 1. The van der Waals surface area contributed by atoms with Crippen molar-refractivity contribution in [3.05, 3.63) is 24.2 Å². The second-order valence-corrected chi connectivity index (χ2v) is 5.35. The fraction of sp³-hybridized carbons (Fsp3) is 0.500. The first-order chi connectivity index (χ1) is 10.3. The summed E-state index contributed by atoms with van der Waals surface area (Å²) in [6.45, 7) is 3.25. The summed E-state index contributed by atoms with van der Waals surface area (Å²) in [5.74, 6) is 0.601. The molecule has 1 aliphatic heterocycles. The van der Waals surface area contributed by atoms with Gasteiger partial charge >= 0.3 is 0 Å². The van der Waals surface area contributed by atoms with E-state index in [1.165, 1.54) is 6.42 Å². The largest absolute Gasteiger partial charge is 0.384 e. The monoisotopic (exact) mass is 288 g/mol. The molecule has 7 heteroatoms. The lowest BCUT2D eigenvalue weighted by Gasteiger charge is -2.22. The Balaban J connectivity index is 1.70. The minimum Gasteiger partial charge on any atom is -0.384 e. The molecular formula is C14H20N6O. The van der Waals surface area contributed by atoms with Gasteiger partial charge in [0, 0.05) is 24.9 Å². The molecule has 0 aliphatic carbocycles. The first-order valence-corrected chi connectivity index (χ1v) is 7.18. The standard InChI is InChI=1S/C14H20N6O/c15-13(16)11-3-4-18-14-12(11)20(9-19-14)8-17-6-10-2-1-5-21-7-10/h3-4,9-10,17H,1-2,5-8H2,(H3,15,16). The van der Waals surface area contributed by atoms with Crippen LogP contribution in [-0.2, 0) is 11.4 Å². The first-order valence-electron chi connectivity index (χ1n) is 7.18. The maximum Gasteiger partial charge on any atom is 0.178 e. The van der Waals surface area contributed by atoms with Gasteiger partial charge < -0.3 is 15.0 Å². The lowest BCUT2D eigenvalue weighted by Crippen LogP contribution is -2.30. The van der Waals surface area contributed by atoms with E-state index in [-0.39, 0.29) is 5.84 Å². The minimum absolute atomic E-state index is 0.0323. The predicted octanol–water partition coefficient (Wildman–Crippen LogP) is 0.689. The van der Waals surface area contributed by atoms with Crippen LogP contribution in [0.2, 0.25) is 0 Å². The van der Waals surface area contributed by atoms with Gasteiger partial charge in [-0.05, 0) is 24.8 Å². The number of amidine groups is 1. The molecule has 2 aromatic rings. The van der Waals surface area contributed by atoms with Crippen molar-refractivity contribution in [2.24, 2.45) is 11.7 Å². The number of hydrogen-bond acceptors (Lipinski definition) is 5. The van der Waals surface area contributed by atoms with Gasteiger partial charge in [-0.15, -0.1) is 0 Å². The van der Waals surface area contributed by atoms with E-state index in [0.717, 1.165) is 31.7 Å². The smallest absolute Gasteiger partial charge is 0.178 e. The molecule has 1 aliphatic rings. The van der Waals surface area contributed by atoms with Gasteiger partial charge in [-0.3, -0.25) is 10.7 Å². The molecule has 0 saturated carbocycles. The molecule has 1 saturated heterocycles. The number of pyridine rings is 1. The van der Waals surface area contributed by atoms with Crippen LogP contribution >= 0.6 is 0 Å². The zero-order valence-electron chi connectivity index (χ0n) is 11.9. The molecule has 112 valence electrons. The highest BCUT2D eigenvalue weighted by atomic mass is 16.5. The molecule has 4 N–H and O–H groups in total. The van der Waals surface area contributed by atoms with Gasteiger partial charge in [-0.1, -0.05) is 0 Å². The van der Waals surface area contributed by atoms with Crippen LogP contribution < -0.4 is 11.1 Å². The molecule has 1 atom stereocenters. The summed E-state index contributed by atoms with van der Waals surface area (Å²) in [4.78, 5) is 8.47. The van der Waals surface area contributed by atoms with Crippen LogP contribution in [0.15, 0.2) is 18.6 Å². The third-order valence-electron chi connectivity index (χ3n) is 3.77. The lowest BCUT2D eigenvalue weighted by molar-refractivity contribution is 0.0542. The van der Waals surface area contributed by atoms with Crippen molar-refractivity contribution in [2.45, 2.75) is 19.5 Å². The Labute approximate surface area is 123 Å².